The first-order valence-electron chi connectivity index (χ1n) is 5.61. The summed E-state index contributed by atoms with van der Waals surface area (Å²) >= 11 is 8.94. The third-order valence-corrected chi connectivity index (χ3v) is 5.06. The summed E-state index contributed by atoms with van der Waals surface area (Å²) < 4.78 is 32.7. The molecule has 1 aromatic heterocycles. The number of hydrogen-bond donors (Lipinski definition) is 2. The van der Waals surface area contributed by atoms with Gasteiger partial charge in [-0.25, -0.2) is 13.4 Å². The van der Waals surface area contributed by atoms with Crippen molar-refractivity contribution in [3.05, 3.63) is 40.1 Å². The van der Waals surface area contributed by atoms with Gasteiger partial charge in [0.2, 0.25) is 0 Å². The molecule has 0 aliphatic carbocycles. The number of anilines is 2. The van der Waals surface area contributed by atoms with Crippen LogP contribution >= 0.6 is 27.5 Å². The molecule has 2 rings (SSSR count). The number of rotatable bonds is 4. The number of nitrogens with two attached hydrogens (primary N) is 1. The number of pyridine rings is 1. The van der Waals surface area contributed by atoms with Crippen LogP contribution in [0.3, 0.4) is 0 Å². The lowest BCUT2D eigenvalue weighted by Crippen LogP contribution is -2.14. The normalized spacial score (nSPS) is 11.2. The van der Waals surface area contributed by atoms with Gasteiger partial charge in [0.15, 0.2) is 0 Å². The Morgan fingerprint density at radius 3 is 2.71 bits per heavy atom. The molecule has 0 aliphatic heterocycles. The largest absolute Gasteiger partial charge is 0.495 e. The monoisotopic (exact) mass is 391 g/mol. The number of aromatic nitrogens is 1. The minimum absolute atomic E-state index is 0.0592. The van der Waals surface area contributed by atoms with Gasteiger partial charge in [-0.2, -0.15) is 0 Å². The Morgan fingerprint density at radius 2 is 2.10 bits per heavy atom. The molecule has 0 fully saturated rings. The van der Waals surface area contributed by atoms with Crippen molar-refractivity contribution in [3.63, 3.8) is 0 Å². The highest BCUT2D eigenvalue weighted by Crippen LogP contribution is 2.29. The van der Waals surface area contributed by atoms with Crippen molar-refractivity contribution in [2.75, 3.05) is 17.6 Å². The fourth-order valence-corrected chi connectivity index (χ4v) is 3.28. The van der Waals surface area contributed by atoms with Crippen molar-refractivity contribution in [2.45, 2.75) is 4.90 Å². The molecule has 0 spiro atoms. The van der Waals surface area contributed by atoms with Crippen LogP contribution in [0.25, 0.3) is 0 Å². The Balaban J connectivity index is 2.42. The molecule has 0 aliphatic rings. The molecule has 21 heavy (non-hydrogen) atoms. The van der Waals surface area contributed by atoms with Crippen LogP contribution in [0.15, 0.2) is 39.8 Å². The second-order valence-corrected chi connectivity index (χ2v) is 6.88. The molecular formula is C12H11BrClN3O3S. The molecule has 112 valence electrons. The molecule has 0 unspecified atom stereocenters. The van der Waals surface area contributed by atoms with E-state index in [1.807, 2.05) is 0 Å². The number of nitrogens with zero attached hydrogens (tertiary/aromatic N) is 1. The average molecular weight is 393 g/mol. The standard InChI is InChI=1S/C12H11BrClN3O3S/c1-20-10-3-2-7(15)4-11(10)21(18,19)17-8-5-9(13)12(14)16-6-8/h2-6,17H,15H2,1H3. The molecule has 1 heterocycles. The van der Waals surface area contributed by atoms with Crippen molar-refractivity contribution in [2.24, 2.45) is 0 Å². The summed E-state index contributed by atoms with van der Waals surface area (Å²) in [6.07, 6.45) is 1.31. The first-order valence-corrected chi connectivity index (χ1v) is 8.26. The van der Waals surface area contributed by atoms with Gasteiger partial charge in [0, 0.05) is 5.69 Å². The maximum atomic E-state index is 12.4. The molecule has 0 amide bonds. The molecule has 0 saturated heterocycles. The summed E-state index contributed by atoms with van der Waals surface area (Å²) in [5.74, 6) is 0.192. The van der Waals surface area contributed by atoms with E-state index in [9.17, 15) is 8.42 Å². The summed E-state index contributed by atoms with van der Waals surface area (Å²) in [5.41, 5.74) is 6.20. The van der Waals surface area contributed by atoms with E-state index in [1.165, 1.54) is 31.5 Å². The molecule has 2 aromatic rings. The number of hydrogen-bond acceptors (Lipinski definition) is 5. The zero-order valence-corrected chi connectivity index (χ0v) is 14.0. The Hall–Kier alpha value is -1.51. The smallest absolute Gasteiger partial charge is 0.265 e. The number of benzene rings is 1. The van der Waals surface area contributed by atoms with E-state index < -0.39 is 10.0 Å². The van der Waals surface area contributed by atoms with E-state index in [4.69, 9.17) is 22.1 Å². The van der Waals surface area contributed by atoms with E-state index in [0.29, 0.717) is 10.2 Å². The number of halogens is 2. The van der Waals surface area contributed by atoms with Crippen LogP contribution in [0.5, 0.6) is 5.75 Å². The van der Waals surface area contributed by atoms with E-state index in [1.54, 1.807) is 6.07 Å². The molecule has 0 atom stereocenters. The van der Waals surface area contributed by atoms with Gasteiger partial charge in [-0.1, -0.05) is 11.6 Å². The Morgan fingerprint density at radius 1 is 1.38 bits per heavy atom. The quantitative estimate of drug-likeness (QED) is 0.616. The van der Waals surface area contributed by atoms with Crippen molar-refractivity contribution in [1.82, 2.24) is 4.98 Å². The predicted octanol–water partition coefficient (Wildman–Crippen LogP) is 2.89. The molecule has 3 N–H and O–H groups in total. The molecule has 0 bridgehead atoms. The van der Waals surface area contributed by atoms with Gasteiger partial charge >= 0.3 is 0 Å². The fraction of sp³-hybridized carbons (Fsp3) is 0.0833. The second kappa shape index (κ2) is 6.08. The SMILES string of the molecule is COc1ccc(N)cc1S(=O)(=O)Nc1cnc(Cl)c(Br)c1. The van der Waals surface area contributed by atoms with Crippen LogP contribution in [0.1, 0.15) is 0 Å². The Labute approximate surface area is 135 Å². The molecule has 6 nitrogen and oxygen atoms in total. The minimum atomic E-state index is -3.87. The number of methoxy groups -OCH3 is 1. The fourth-order valence-electron chi connectivity index (χ4n) is 1.59. The van der Waals surface area contributed by atoms with E-state index >= 15 is 0 Å². The summed E-state index contributed by atoms with van der Waals surface area (Å²) in [4.78, 5) is 3.79. The highest BCUT2D eigenvalue weighted by Gasteiger charge is 2.20. The number of nitrogen functional groups attached to an aromatic ring is 1. The van der Waals surface area contributed by atoms with Gasteiger partial charge < -0.3 is 10.5 Å². The number of sulfonamides is 1. The van der Waals surface area contributed by atoms with Crippen LogP contribution in [0.4, 0.5) is 11.4 Å². The van der Waals surface area contributed by atoms with Crippen LogP contribution in [-0.2, 0) is 10.0 Å². The maximum absolute atomic E-state index is 12.4. The van der Waals surface area contributed by atoms with Crippen molar-refractivity contribution >= 4 is 48.9 Å². The van der Waals surface area contributed by atoms with Crippen LogP contribution in [-0.4, -0.2) is 20.5 Å². The number of ether oxygens (including phenoxy) is 1. The summed E-state index contributed by atoms with van der Waals surface area (Å²) in [5, 5.41) is 0.236. The molecule has 9 heteroatoms. The third kappa shape index (κ3) is 3.58. The Bertz CT molecular complexity index is 783. The van der Waals surface area contributed by atoms with Gasteiger partial charge in [0.05, 0.1) is 23.5 Å². The first kappa shape index (κ1) is 15.9. The number of nitrogens with one attached hydrogen (secondary N) is 1. The van der Waals surface area contributed by atoms with Crippen LogP contribution in [0.2, 0.25) is 5.15 Å². The van der Waals surface area contributed by atoms with Crippen molar-refractivity contribution < 1.29 is 13.2 Å². The van der Waals surface area contributed by atoms with E-state index in [2.05, 4.69) is 25.6 Å². The van der Waals surface area contributed by atoms with Crippen LogP contribution < -0.4 is 15.2 Å². The molecular weight excluding hydrogens is 382 g/mol. The van der Waals surface area contributed by atoms with Crippen LogP contribution in [0, 0.1) is 0 Å². The van der Waals surface area contributed by atoms with Gasteiger partial charge in [0.25, 0.3) is 10.0 Å². The summed E-state index contributed by atoms with van der Waals surface area (Å²) in [7, 11) is -2.49. The third-order valence-electron chi connectivity index (χ3n) is 2.53. The maximum Gasteiger partial charge on any atom is 0.265 e. The summed E-state index contributed by atoms with van der Waals surface area (Å²) in [6, 6.07) is 5.86. The average Bonchev–Trinajstić information content (AvgIpc) is 2.42. The highest BCUT2D eigenvalue weighted by molar-refractivity contribution is 9.10. The predicted molar refractivity (Wildman–Crippen MR) is 85.2 cm³/mol. The zero-order valence-electron chi connectivity index (χ0n) is 10.8. The second-order valence-electron chi connectivity index (χ2n) is 4.01. The van der Waals surface area contributed by atoms with E-state index in [0.717, 1.165) is 0 Å². The zero-order chi connectivity index (χ0) is 15.6. The van der Waals surface area contributed by atoms with Gasteiger partial charge in [-0.15, -0.1) is 0 Å². The van der Waals surface area contributed by atoms with Gasteiger partial charge in [-0.3, -0.25) is 4.72 Å². The van der Waals surface area contributed by atoms with Crippen molar-refractivity contribution in [1.29, 1.82) is 0 Å². The topological polar surface area (TPSA) is 94.3 Å². The van der Waals surface area contributed by atoms with E-state index in [-0.39, 0.29) is 21.5 Å². The lowest BCUT2D eigenvalue weighted by molar-refractivity contribution is 0.403. The lowest BCUT2D eigenvalue weighted by Gasteiger charge is -2.12. The van der Waals surface area contributed by atoms with Gasteiger partial charge in [-0.05, 0) is 40.2 Å². The van der Waals surface area contributed by atoms with Gasteiger partial charge in [0.1, 0.15) is 15.8 Å². The minimum Gasteiger partial charge on any atom is -0.495 e. The summed E-state index contributed by atoms with van der Waals surface area (Å²) in [6.45, 7) is 0. The molecule has 0 saturated carbocycles. The Kier molecular flexibility index (Phi) is 4.60. The first-order chi connectivity index (χ1) is 9.83. The highest BCUT2D eigenvalue weighted by atomic mass is 79.9. The molecule has 1 aromatic carbocycles. The van der Waals surface area contributed by atoms with Crippen molar-refractivity contribution in [3.8, 4) is 5.75 Å². The molecule has 0 radical (unpaired) electrons. The lowest BCUT2D eigenvalue weighted by atomic mass is 10.3.